The Morgan fingerprint density at radius 3 is 2.71 bits per heavy atom. The fraction of sp³-hybridized carbons (Fsp3) is 0.562. The van der Waals surface area contributed by atoms with Crippen molar-refractivity contribution in [1.29, 1.82) is 0 Å². The number of benzene rings is 1. The molecule has 0 bridgehead atoms. The minimum Gasteiger partial charge on any atom is -0.487 e. The van der Waals surface area contributed by atoms with Crippen molar-refractivity contribution >= 4 is 11.7 Å². The van der Waals surface area contributed by atoms with Crippen LogP contribution in [0.5, 0.6) is 5.75 Å². The predicted molar refractivity (Wildman–Crippen MR) is 76.9 cm³/mol. The van der Waals surface area contributed by atoms with Gasteiger partial charge in [0, 0.05) is 18.2 Å². The van der Waals surface area contributed by atoms with E-state index in [1.54, 1.807) is 12.1 Å². The van der Waals surface area contributed by atoms with Crippen LogP contribution in [0.3, 0.4) is 0 Å². The lowest BCUT2D eigenvalue weighted by molar-refractivity contribution is -0.141. The number of anilines is 1. The minimum atomic E-state index is -0.402. The average Bonchev–Trinajstić information content (AvgIpc) is 3.03. The van der Waals surface area contributed by atoms with Gasteiger partial charge in [-0.2, -0.15) is 0 Å². The van der Waals surface area contributed by atoms with Crippen LogP contribution in [0, 0.1) is 5.82 Å². The summed E-state index contributed by atoms with van der Waals surface area (Å²) in [5, 5.41) is 3.01. The van der Waals surface area contributed by atoms with Gasteiger partial charge in [-0.25, -0.2) is 9.18 Å². The molecule has 0 amide bonds. The topological polar surface area (TPSA) is 47.6 Å². The molecule has 5 heteroatoms. The molecule has 1 saturated heterocycles. The molecule has 21 heavy (non-hydrogen) atoms. The number of hydrogen-bond acceptors (Lipinski definition) is 4. The van der Waals surface area contributed by atoms with E-state index in [4.69, 9.17) is 9.47 Å². The Balaban J connectivity index is 1.64. The third-order valence-corrected chi connectivity index (χ3v) is 4.04. The molecule has 1 aliphatic heterocycles. The van der Waals surface area contributed by atoms with Crippen LogP contribution in [-0.4, -0.2) is 24.2 Å². The van der Waals surface area contributed by atoms with Crippen molar-refractivity contribution in [3.8, 4) is 5.75 Å². The number of nitrogens with one attached hydrogen (secondary N) is 1. The van der Waals surface area contributed by atoms with Crippen LogP contribution in [0.2, 0.25) is 0 Å². The molecule has 0 radical (unpaired) electrons. The zero-order valence-electron chi connectivity index (χ0n) is 12.1. The molecule has 4 nitrogen and oxygen atoms in total. The Bertz CT molecular complexity index is 528. The number of esters is 1. The second kappa shape index (κ2) is 5.92. The molecule has 2 atom stereocenters. The molecule has 1 saturated carbocycles. The molecule has 114 valence electrons. The maximum Gasteiger partial charge on any atom is 0.328 e. The number of cyclic esters (lactones) is 1. The van der Waals surface area contributed by atoms with Gasteiger partial charge in [0.2, 0.25) is 0 Å². The summed E-state index contributed by atoms with van der Waals surface area (Å²) in [6.45, 7) is 1.85. The lowest BCUT2D eigenvalue weighted by Crippen LogP contribution is -2.24. The lowest BCUT2D eigenvalue weighted by atomic mass is 10.1. The molecule has 2 aliphatic rings. The minimum absolute atomic E-state index is 0.0928. The smallest absolute Gasteiger partial charge is 0.328 e. The normalized spacial score (nSPS) is 25.9. The van der Waals surface area contributed by atoms with E-state index in [2.05, 4.69) is 5.32 Å². The van der Waals surface area contributed by atoms with E-state index < -0.39 is 11.9 Å². The third kappa shape index (κ3) is 3.28. The number of carbonyl (C=O) groups is 1. The van der Waals surface area contributed by atoms with Gasteiger partial charge in [-0.15, -0.1) is 0 Å². The summed E-state index contributed by atoms with van der Waals surface area (Å²) in [6.07, 6.45) is 4.91. The fourth-order valence-electron chi connectivity index (χ4n) is 2.95. The first-order valence-corrected chi connectivity index (χ1v) is 7.55. The number of halogens is 1. The first-order valence-electron chi connectivity index (χ1n) is 7.55. The van der Waals surface area contributed by atoms with Crippen LogP contribution < -0.4 is 10.1 Å². The van der Waals surface area contributed by atoms with Crippen LogP contribution in [0.4, 0.5) is 10.1 Å². The number of hydrogen-bond donors (Lipinski definition) is 1. The number of carbonyl (C=O) groups excluding carboxylic acids is 1. The maximum atomic E-state index is 14.1. The fourth-order valence-corrected chi connectivity index (χ4v) is 2.95. The Morgan fingerprint density at radius 1 is 1.33 bits per heavy atom. The second-order valence-electron chi connectivity index (χ2n) is 5.85. The van der Waals surface area contributed by atoms with E-state index >= 15 is 0 Å². The summed E-state index contributed by atoms with van der Waals surface area (Å²) in [5.74, 6) is -0.393. The summed E-state index contributed by atoms with van der Waals surface area (Å²) in [7, 11) is 0. The average molecular weight is 293 g/mol. The summed E-state index contributed by atoms with van der Waals surface area (Å²) >= 11 is 0. The summed E-state index contributed by atoms with van der Waals surface area (Å²) in [5.41, 5.74) is 0.572. The highest BCUT2D eigenvalue weighted by atomic mass is 19.1. The van der Waals surface area contributed by atoms with Crippen molar-refractivity contribution < 1.29 is 18.7 Å². The van der Waals surface area contributed by atoms with Gasteiger partial charge in [-0.05, 0) is 44.7 Å². The quantitative estimate of drug-likeness (QED) is 0.866. The molecule has 0 unspecified atom stereocenters. The first kappa shape index (κ1) is 14.2. The van der Waals surface area contributed by atoms with Gasteiger partial charge in [0.15, 0.2) is 11.6 Å². The van der Waals surface area contributed by atoms with E-state index in [1.807, 2.05) is 6.92 Å². The van der Waals surface area contributed by atoms with Crippen LogP contribution >= 0.6 is 0 Å². The summed E-state index contributed by atoms with van der Waals surface area (Å²) in [4.78, 5) is 11.6. The predicted octanol–water partition coefficient (Wildman–Crippen LogP) is 3.26. The lowest BCUT2D eigenvalue weighted by Gasteiger charge is -2.15. The molecule has 0 aromatic heterocycles. The van der Waals surface area contributed by atoms with Gasteiger partial charge in [-0.1, -0.05) is 0 Å². The monoisotopic (exact) mass is 293 g/mol. The summed E-state index contributed by atoms with van der Waals surface area (Å²) < 4.78 is 24.8. The Morgan fingerprint density at radius 2 is 2.10 bits per heavy atom. The van der Waals surface area contributed by atoms with Gasteiger partial charge < -0.3 is 14.8 Å². The highest BCUT2D eigenvalue weighted by Crippen LogP contribution is 2.28. The second-order valence-corrected chi connectivity index (χ2v) is 5.85. The van der Waals surface area contributed by atoms with Gasteiger partial charge in [0.25, 0.3) is 0 Å². The molecular weight excluding hydrogens is 273 g/mol. The number of rotatable bonds is 4. The van der Waals surface area contributed by atoms with Crippen molar-refractivity contribution in [2.75, 3.05) is 5.32 Å². The molecule has 1 aromatic rings. The van der Waals surface area contributed by atoms with Gasteiger partial charge in [-0.3, -0.25) is 0 Å². The highest BCUT2D eigenvalue weighted by molar-refractivity contribution is 5.81. The van der Waals surface area contributed by atoms with Crippen LogP contribution in [0.15, 0.2) is 18.2 Å². The zero-order chi connectivity index (χ0) is 14.8. The third-order valence-electron chi connectivity index (χ3n) is 4.04. The maximum absolute atomic E-state index is 14.1. The molecule has 3 rings (SSSR count). The zero-order valence-corrected chi connectivity index (χ0v) is 12.1. The van der Waals surface area contributed by atoms with Crippen molar-refractivity contribution in [2.24, 2.45) is 0 Å². The van der Waals surface area contributed by atoms with E-state index in [0.29, 0.717) is 12.1 Å². The van der Waals surface area contributed by atoms with Crippen LogP contribution in [0.1, 0.15) is 39.0 Å². The molecule has 2 fully saturated rings. The van der Waals surface area contributed by atoms with E-state index in [9.17, 15) is 9.18 Å². The van der Waals surface area contributed by atoms with Crippen LogP contribution in [-0.2, 0) is 9.53 Å². The molecule has 1 aromatic carbocycles. The van der Waals surface area contributed by atoms with Crippen molar-refractivity contribution in [3.63, 3.8) is 0 Å². The van der Waals surface area contributed by atoms with E-state index in [0.717, 1.165) is 25.7 Å². The van der Waals surface area contributed by atoms with Crippen molar-refractivity contribution in [2.45, 2.75) is 57.3 Å². The van der Waals surface area contributed by atoms with E-state index in [1.165, 1.54) is 6.07 Å². The molecule has 1 heterocycles. The van der Waals surface area contributed by atoms with E-state index in [-0.39, 0.29) is 23.9 Å². The molecular formula is C16H20FNO3. The Labute approximate surface area is 123 Å². The number of ether oxygens (including phenoxy) is 2. The van der Waals surface area contributed by atoms with Gasteiger partial charge in [0.1, 0.15) is 12.1 Å². The summed E-state index contributed by atoms with van der Waals surface area (Å²) in [6, 6.07) is 4.34. The Hall–Kier alpha value is -1.78. The highest BCUT2D eigenvalue weighted by Gasteiger charge is 2.31. The first-order chi connectivity index (χ1) is 10.1. The van der Waals surface area contributed by atoms with Gasteiger partial charge in [0.05, 0.1) is 6.10 Å². The van der Waals surface area contributed by atoms with Crippen molar-refractivity contribution in [1.82, 2.24) is 0 Å². The standard InChI is InChI=1S/C16H20FNO3/c1-10-8-14(16(19)20-10)18-11-6-7-15(13(17)9-11)21-12-4-2-3-5-12/h6-7,9-10,12,14,18H,2-5,8H2,1H3/t10-,14+/m0/s1. The molecule has 1 N–H and O–H groups in total. The molecule has 0 spiro atoms. The van der Waals surface area contributed by atoms with Crippen molar-refractivity contribution in [3.05, 3.63) is 24.0 Å². The van der Waals surface area contributed by atoms with Crippen LogP contribution in [0.25, 0.3) is 0 Å². The SMILES string of the molecule is C[C@H]1C[C@@H](Nc2ccc(OC3CCCC3)c(F)c2)C(=O)O1. The Kier molecular flexibility index (Phi) is 3.99. The molecule has 1 aliphatic carbocycles. The van der Waals surface area contributed by atoms with Gasteiger partial charge >= 0.3 is 5.97 Å². The largest absolute Gasteiger partial charge is 0.487 e.